The summed E-state index contributed by atoms with van der Waals surface area (Å²) < 4.78 is 5.15. The lowest BCUT2D eigenvalue weighted by atomic mass is 10.2. The van der Waals surface area contributed by atoms with Gasteiger partial charge in [0, 0.05) is 18.6 Å². The predicted octanol–water partition coefficient (Wildman–Crippen LogP) is 3.27. The molecule has 1 heterocycles. The highest BCUT2D eigenvalue weighted by molar-refractivity contribution is 6.30. The third-order valence-corrected chi connectivity index (χ3v) is 2.93. The van der Waals surface area contributed by atoms with Crippen molar-refractivity contribution in [2.75, 3.05) is 7.05 Å². The van der Waals surface area contributed by atoms with Gasteiger partial charge in [0.2, 0.25) is 0 Å². The highest BCUT2D eigenvalue weighted by atomic mass is 35.5. The summed E-state index contributed by atoms with van der Waals surface area (Å²) in [6.45, 7) is 0.915. The van der Waals surface area contributed by atoms with Crippen LogP contribution < -0.4 is 5.32 Å². The van der Waals surface area contributed by atoms with Crippen LogP contribution in [-0.2, 0) is 13.1 Å². The second-order valence-corrected chi connectivity index (χ2v) is 4.66. The Bertz CT molecular complexity index is 523. The van der Waals surface area contributed by atoms with Crippen LogP contribution in [0.1, 0.15) is 11.3 Å². The second-order valence-electron chi connectivity index (χ2n) is 4.22. The Morgan fingerprint density at radius 2 is 2.05 bits per heavy atom. The van der Waals surface area contributed by atoms with Crippen LogP contribution in [0.4, 0.5) is 4.79 Å². The fraction of sp³-hybridized carbons (Fsp3) is 0.214. The van der Waals surface area contributed by atoms with Crippen LogP contribution in [0.5, 0.6) is 0 Å². The molecule has 0 unspecified atom stereocenters. The summed E-state index contributed by atoms with van der Waals surface area (Å²) in [6, 6.07) is 10.9. The van der Waals surface area contributed by atoms with E-state index in [1.165, 1.54) is 0 Å². The van der Waals surface area contributed by atoms with Crippen molar-refractivity contribution in [3.8, 4) is 0 Å². The third-order valence-electron chi connectivity index (χ3n) is 2.67. The summed E-state index contributed by atoms with van der Waals surface area (Å²) in [4.78, 5) is 13.5. The summed E-state index contributed by atoms with van der Waals surface area (Å²) in [5.74, 6) is 0.730. The van der Waals surface area contributed by atoms with Gasteiger partial charge in [0.25, 0.3) is 0 Å². The number of nitrogens with one attached hydrogen (secondary N) is 1. The van der Waals surface area contributed by atoms with Gasteiger partial charge < -0.3 is 14.6 Å². The number of carbonyl (C=O) groups is 1. The lowest BCUT2D eigenvalue weighted by Crippen LogP contribution is -2.36. The van der Waals surface area contributed by atoms with Crippen molar-refractivity contribution in [3.05, 3.63) is 59.0 Å². The molecule has 100 valence electrons. The van der Waals surface area contributed by atoms with E-state index in [0.29, 0.717) is 18.1 Å². The van der Waals surface area contributed by atoms with Crippen molar-refractivity contribution >= 4 is 17.6 Å². The number of urea groups is 1. The lowest BCUT2D eigenvalue weighted by Gasteiger charge is -2.17. The fourth-order valence-corrected chi connectivity index (χ4v) is 1.77. The minimum absolute atomic E-state index is 0.147. The van der Waals surface area contributed by atoms with Gasteiger partial charge in [0.15, 0.2) is 0 Å². The summed E-state index contributed by atoms with van der Waals surface area (Å²) in [5, 5.41) is 3.47. The number of benzene rings is 1. The second kappa shape index (κ2) is 6.29. The van der Waals surface area contributed by atoms with Gasteiger partial charge in [0.1, 0.15) is 5.76 Å². The number of furan rings is 1. The molecule has 2 amide bonds. The van der Waals surface area contributed by atoms with Crippen molar-refractivity contribution in [1.29, 1.82) is 0 Å². The Morgan fingerprint density at radius 1 is 1.32 bits per heavy atom. The van der Waals surface area contributed by atoms with E-state index < -0.39 is 0 Å². The number of hydrogen-bond acceptors (Lipinski definition) is 2. The normalized spacial score (nSPS) is 10.2. The number of hydrogen-bond donors (Lipinski definition) is 1. The zero-order chi connectivity index (χ0) is 13.7. The molecule has 5 heteroatoms. The van der Waals surface area contributed by atoms with Crippen molar-refractivity contribution in [3.63, 3.8) is 0 Å². The fourth-order valence-electron chi connectivity index (χ4n) is 1.65. The van der Waals surface area contributed by atoms with Gasteiger partial charge >= 0.3 is 6.03 Å². The van der Waals surface area contributed by atoms with Crippen LogP contribution in [0, 0.1) is 0 Å². The van der Waals surface area contributed by atoms with Crippen molar-refractivity contribution in [1.82, 2.24) is 10.2 Å². The van der Waals surface area contributed by atoms with E-state index in [1.54, 1.807) is 24.3 Å². The van der Waals surface area contributed by atoms with Gasteiger partial charge in [-0.2, -0.15) is 0 Å². The first-order valence-corrected chi connectivity index (χ1v) is 6.29. The predicted molar refractivity (Wildman–Crippen MR) is 73.9 cm³/mol. The summed E-state index contributed by atoms with van der Waals surface area (Å²) in [6.07, 6.45) is 1.58. The van der Waals surface area contributed by atoms with Crippen LogP contribution in [0.3, 0.4) is 0 Å². The van der Waals surface area contributed by atoms with Gasteiger partial charge in [0.05, 0.1) is 12.8 Å². The summed E-state index contributed by atoms with van der Waals surface area (Å²) in [7, 11) is 1.74. The molecule has 0 aliphatic carbocycles. The van der Waals surface area contributed by atoms with Gasteiger partial charge in [-0.3, -0.25) is 0 Å². The van der Waals surface area contributed by atoms with Crippen LogP contribution in [-0.4, -0.2) is 18.0 Å². The quantitative estimate of drug-likeness (QED) is 0.933. The molecule has 0 aliphatic rings. The lowest BCUT2D eigenvalue weighted by molar-refractivity contribution is 0.205. The Labute approximate surface area is 117 Å². The van der Waals surface area contributed by atoms with E-state index in [9.17, 15) is 4.79 Å². The highest BCUT2D eigenvalue weighted by Crippen LogP contribution is 2.11. The zero-order valence-corrected chi connectivity index (χ0v) is 11.4. The summed E-state index contributed by atoms with van der Waals surface area (Å²) >= 11 is 5.81. The Hall–Kier alpha value is -1.94. The van der Waals surface area contributed by atoms with E-state index in [1.807, 2.05) is 30.3 Å². The molecule has 0 saturated carbocycles. The van der Waals surface area contributed by atoms with Crippen LogP contribution in [0.2, 0.25) is 5.02 Å². The average Bonchev–Trinajstić information content (AvgIpc) is 2.91. The highest BCUT2D eigenvalue weighted by Gasteiger charge is 2.09. The molecule has 0 saturated heterocycles. The van der Waals surface area contributed by atoms with Gasteiger partial charge in [-0.05, 0) is 29.8 Å². The van der Waals surface area contributed by atoms with Crippen molar-refractivity contribution < 1.29 is 9.21 Å². The Kier molecular flexibility index (Phi) is 4.47. The molecule has 0 fully saturated rings. The van der Waals surface area contributed by atoms with E-state index in [0.717, 1.165) is 11.3 Å². The van der Waals surface area contributed by atoms with Gasteiger partial charge in [-0.25, -0.2) is 4.79 Å². The number of carbonyl (C=O) groups excluding carboxylic acids is 1. The number of nitrogens with zero attached hydrogens (tertiary/aromatic N) is 1. The third kappa shape index (κ3) is 4.03. The molecule has 0 atom stereocenters. The van der Waals surface area contributed by atoms with Crippen LogP contribution in [0.25, 0.3) is 0 Å². The maximum Gasteiger partial charge on any atom is 0.317 e. The van der Waals surface area contributed by atoms with Gasteiger partial charge in [-0.1, -0.05) is 23.7 Å². The first kappa shape index (κ1) is 13.5. The van der Waals surface area contributed by atoms with Crippen molar-refractivity contribution in [2.24, 2.45) is 0 Å². The molecule has 2 aromatic rings. The monoisotopic (exact) mass is 278 g/mol. The molecule has 0 bridgehead atoms. The molecule has 0 spiro atoms. The molecule has 2 rings (SSSR count). The smallest absolute Gasteiger partial charge is 0.317 e. The minimum Gasteiger partial charge on any atom is -0.467 e. The Balaban J connectivity index is 1.83. The van der Waals surface area contributed by atoms with Gasteiger partial charge in [-0.15, -0.1) is 0 Å². The number of halogens is 1. The first-order valence-electron chi connectivity index (χ1n) is 5.91. The molecule has 0 aliphatic heterocycles. The largest absolute Gasteiger partial charge is 0.467 e. The molecular formula is C14H15ClN2O2. The molecule has 1 aromatic heterocycles. The van der Waals surface area contributed by atoms with E-state index in [-0.39, 0.29) is 6.03 Å². The van der Waals surface area contributed by atoms with E-state index >= 15 is 0 Å². The molecule has 1 N–H and O–H groups in total. The van der Waals surface area contributed by atoms with E-state index in [4.69, 9.17) is 16.0 Å². The Morgan fingerprint density at radius 3 is 2.68 bits per heavy atom. The SMILES string of the molecule is CN(Cc1ccc(Cl)cc1)C(=O)NCc1ccco1. The first-order chi connectivity index (χ1) is 9.15. The maximum absolute atomic E-state index is 11.9. The maximum atomic E-state index is 11.9. The average molecular weight is 279 g/mol. The van der Waals surface area contributed by atoms with Crippen molar-refractivity contribution in [2.45, 2.75) is 13.1 Å². The minimum atomic E-state index is -0.147. The standard InChI is InChI=1S/C14H15ClN2O2/c1-17(10-11-4-6-12(15)7-5-11)14(18)16-9-13-3-2-8-19-13/h2-8H,9-10H2,1H3,(H,16,18). The van der Waals surface area contributed by atoms with Crippen LogP contribution >= 0.6 is 11.6 Å². The number of amides is 2. The molecule has 19 heavy (non-hydrogen) atoms. The molecule has 4 nitrogen and oxygen atoms in total. The molecule has 0 radical (unpaired) electrons. The molecule has 1 aromatic carbocycles. The van der Waals surface area contributed by atoms with Crippen LogP contribution in [0.15, 0.2) is 47.1 Å². The van der Waals surface area contributed by atoms with E-state index in [2.05, 4.69) is 5.32 Å². The summed E-state index contributed by atoms with van der Waals surface area (Å²) in [5.41, 5.74) is 1.03. The molecular weight excluding hydrogens is 264 g/mol. The zero-order valence-electron chi connectivity index (χ0n) is 10.6. The topological polar surface area (TPSA) is 45.5 Å². The number of rotatable bonds is 4.